The number of hydrogen-bond donors (Lipinski definition) is 2. The van der Waals surface area contributed by atoms with Crippen molar-refractivity contribution >= 4 is 44.9 Å². The molecule has 0 unspecified atom stereocenters. The summed E-state index contributed by atoms with van der Waals surface area (Å²) >= 11 is 3.41. The van der Waals surface area contributed by atoms with Gasteiger partial charge in [-0.1, -0.05) is 6.07 Å². The minimum atomic E-state index is 0. The van der Waals surface area contributed by atoms with Gasteiger partial charge in [0.25, 0.3) is 0 Å². The van der Waals surface area contributed by atoms with Crippen molar-refractivity contribution in [3.05, 3.63) is 28.9 Å². The van der Waals surface area contributed by atoms with Gasteiger partial charge in [-0.05, 0) is 28.1 Å². The van der Waals surface area contributed by atoms with Crippen LogP contribution < -0.4 is 5.73 Å². The molecule has 3 N–H and O–H groups in total. The van der Waals surface area contributed by atoms with Crippen LogP contribution in [0.2, 0.25) is 0 Å². The Morgan fingerprint density at radius 1 is 1.33 bits per heavy atom. The van der Waals surface area contributed by atoms with Crippen LogP contribution in [0.25, 0.3) is 10.9 Å². The van der Waals surface area contributed by atoms with Crippen LogP contribution in [0.3, 0.4) is 0 Å². The van der Waals surface area contributed by atoms with Crippen LogP contribution >= 0.6 is 28.3 Å². The van der Waals surface area contributed by atoms with Crippen LogP contribution in [0.4, 0.5) is 5.69 Å². The number of halogens is 2. The third-order valence-corrected chi connectivity index (χ3v) is 2.32. The Kier molecular flexibility index (Phi) is 2.65. The SMILES string of the molecule is Cl.Nc1cccc2[nH]cc(Br)c12. The average molecular weight is 248 g/mol. The maximum absolute atomic E-state index is 5.75. The first-order valence-electron chi connectivity index (χ1n) is 3.30. The summed E-state index contributed by atoms with van der Waals surface area (Å²) in [6, 6.07) is 5.82. The van der Waals surface area contributed by atoms with Crippen LogP contribution in [-0.2, 0) is 0 Å². The Balaban J connectivity index is 0.000000720. The fourth-order valence-electron chi connectivity index (χ4n) is 1.17. The second-order valence-electron chi connectivity index (χ2n) is 2.41. The molecule has 0 radical (unpaired) electrons. The molecule has 1 heterocycles. The van der Waals surface area contributed by atoms with Crippen molar-refractivity contribution in [1.82, 2.24) is 4.98 Å². The van der Waals surface area contributed by atoms with Crippen molar-refractivity contribution in [3.8, 4) is 0 Å². The van der Waals surface area contributed by atoms with Crippen molar-refractivity contribution in [2.45, 2.75) is 0 Å². The van der Waals surface area contributed by atoms with Crippen LogP contribution in [0.5, 0.6) is 0 Å². The molecule has 0 spiro atoms. The van der Waals surface area contributed by atoms with E-state index < -0.39 is 0 Å². The van der Waals surface area contributed by atoms with Gasteiger partial charge < -0.3 is 10.7 Å². The normalized spacial score (nSPS) is 9.75. The summed E-state index contributed by atoms with van der Waals surface area (Å²) in [4.78, 5) is 3.10. The lowest BCUT2D eigenvalue weighted by Gasteiger charge is -1.94. The number of nitrogen functional groups attached to an aromatic ring is 1. The van der Waals surface area contributed by atoms with Crippen LogP contribution in [0.1, 0.15) is 0 Å². The summed E-state index contributed by atoms with van der Waals surface area (Å²) in [7, 11) is 0. The van der Waals surface area contributed by atoms with Gasteiger partial charge in [-0.15, -0.1) is 12.4 Å². The summed E-state index contributed by atoms with van der Waals surface area (Å²) in [5, 5.41) is 1.06. The van der Waals surface area contributed by atoms with Gasteiger partial charge in [0.2, 0.25) is 0 Å². The second kappa shape index (κ2) is 3.37. The highest BCUT2D eigenvalue weighted by atomic mass is 79.9. The molecular weight excluding hydrogens is 239 g/mol. The fraction of sp³-hybridized carbons (Fsp3) is 0. The molecule has 2 nitrogen and oxygen atoms in total. The molecule has 12 heavy (non-hydrogen) atoms. The first-order chi connectivity index (χ1) is 5.29. The maximum Gasteiger partial charge on any atom is 0.0486 e. The summed E-state index contributed by atoms with van der Waals surface area (Å²) in [6.45, 7) is 0. The van der Waals surface area contributed by atoms with E-state index >= 15 is 0 Å². The number of anilines is 1. The molecular formula is C8H8BrClN2. The van der Waals surface area contributed by atoms with E-state index in [-0.39, 0.29) is 12.4 Å². The molecule has 64 valence electrons. The lowest BCUT2D eigenvalue weighted by Crippen LogP contribution is -1.83. The Bertz CT molecular complexity index is 397. The molecule has 2 aromatic rings. The van der Waals surface area contributed by atoms with Crippen molar-refractivity contribution in [3.63, 3.8) is 0 Å². The number of nitrogens with two attached hydrogens (primary N) is 1. The quantitative estimate of drug-likeness (QED) is 0.691. The third kappa shape index (κ3) is 1.30. The van der Waals surface area contributed by atoms with Crippen LogP contribution in [-0.4, -0.2) is 4.98 Å². The number of rotatable bonds is 0. The maximum atomic E-state index is 5.75. The smallest absolute Gasteiger partial charge is 0.0486 e. The van der Waals surface area contributed by atoms with Crippen molar-refractivity contribution < 1.29 is 0 Å². The first-order valence-corrected chi connectivity index (χ1v) is 4.09. The lowest BCUT2D eigenvalue weighted by molar-refractivity contribution is 1.47. The molecule has 2 rings (SSSR count). The Labute approximate surface area is 84.7 Å². The van der Waals surface area contributed by atoms with Gasteiger partial charge in [-0.2, -0.15) is 0 Å². The topological polar surface area (TPSA) is 41.8 Å². The van der Waals surface area contributed by atoms with E-state index in [0.29, 0.717) is 0 Å². The molecule has 0 saturated heterocycles. The van der Waals surface area contributed by atoms with E-state index in [4.69, 9.17) is 5.73 Å². The molecule has 0 saturated carbocycles. The molecule has 0 aliphatic heterocycles. The van der Waals surface area contributed by atoms with Gasteiger partial charge in [0.1, 0.15) is 0 Å². The van der Waals surface area contributed by atoms with Gasteiger partial charge in [-0.3, -0.25) is 0 Å². The summed E-state index contributed by atoms with van der Waals surface area (Å²) < 4.78 is 1.02. The Morgan fingerprint density at radius 2 is 2.08 bits per heavy atom. The second-order valence-corrected chi connectivity index (χ2v) is 3.26. The van der Waals surface area contributed by atoms with Crippen LogP contribution in [0.15, 0.2) is 28.9 Å². The average Bonchev–Trinajstić information content (AvgIpc) is 2.34. The number of fused-ring (bicyclic) bond motifs is 1. The largest absolute Gasteiger partial charge is 0.398 e. The molecule has 0 amide bonds. The molecule has 0 fully saturated rings. The predicted octanol–water partition coefficient (Wildman–Crippen LogP) is 2.93. The molecule has 1 aromatic heterocycles. The number of H-pyrrole nitrogens is 1. The highest BCUT2D eigenvalue weighted by Gasteiger charge is 2.01. The summed E-state index contributed by atoms with van der Waals surface area (Å²) in [6.07, 6.45) is 1.89. The number of benzene rings is 1. The van der Waals surface area contributed by atoms with E-state index in [1.54, 1.807) is 0 Å². The standard InChI is InChI=1S/C8H7BrN2.ClH/c9-5-4-11-7-3-1-2-6(10)8(5)7;/h1-4,11H,10H2;1H. The van der Waals surface area contributed by atoms with Gasteiger partial charge in [-0.25, -0.2) is 0 Å². The fourth-order valence-corrected chi connectivity index (χ4v) is 1.73. The molecule has 1 aromatic carbocycles. The van der Waals surface area contributed by atoms with Crippen molar-refractivity contribution in [2.24, 2.45) is 0 Å². The highest BCUT2D eigenvalue weighted by Crippen LogP contribution is 2.27. The van der Waals surface area contributed by atoms with Gasteiger partial charge in [0.15, 0.2) is 0 Å². The van der Waals surface area contributed by atoms with E-state index in [9.17, 15) is 0 Å². The Hall–Kier alpha value is -0.670. The zero-order valence-corrected chi connectivity index (χ0v) is 8.58. The van der Waals surface area contributed by atoms with E-state index in [1.165, 1.54) is 0 Å². The van der Waals surface area contributed by atoms with E-state index in [0.717, 1.165) is 21.1 Å². The lowest BCUT2D eigenvalue weighted by atomic mass is 10.2. The minimum absolute atomic E-state index is 0. The van der Waals surface area contributed by atoms with Gasteiger partial charge >= 0.3 is 0 Å². The first kappa shape index (κ1) is 9.42. The van der Waals surface area contributed by atoms with Gasteiger partial charge in [0.05, 0.1) is 0 Å². The number of hydrogen-bond acceptors (Lipinski definition) is 1. The number of nitrogens with one attached hydrogen (secondary N) is 1. The predicted molar refractivity (Wildman–Crippen MR) is 57.7 cm³/mol. The number of aromatic amines is 1. The Morgan fingerprint density at radius 3 is 2.75 bits per heavy atom. The van der Waals surface area contributed by atoms with Crippen LogP contribution in [0, 0.1) is 0 Å². The van der Waals surface area contributed by atoms with E-state index in [1.807, 2.05) is 24.4 Å². The minimum Gasteiger partial charge on any atom is -0.398 e. The zero-order chi connectivity index (χ0) is 7.84. The molecule has 0 aliphatic rings. The molecule has 4 heteroatoms. The monoisotopic (exact) mass is 246 g/mol. The summed E-state index contributed by atoms with van der Waals surface area (Å²) in [5.74, 6) is 0. The molecule has 0 atom stereocenters. The van der Waals surface area contributed by atoms with Crippen molar-refractivity contribution in [1.29, 1.82) is 0 Å². The number of aromatic nitrogens is 1. The van der Waals surface area contributed by atoms with E-state index in [2.05, 4.69) is 20.9 Å². The van der Waals surface area contributed by atoms with Crippen molar-refractivity contribution in [2.75, 3.05) is 5.73 Å². The zero-order valence-electron chi connectivity index (χ0n) is 6.17. The summed E-state index contributed by atoms with van der Waals surface area (Å²) in [5.41, 5.74) is 7.62. The third-order valence-electron chi connectivity index (χ3n) is 1.69. The van der Waals surface area contributed by atoms with Gasteiger partial charge in [0, 0.05) is 27.3 Å². The molecule has 0 bridgehead atoms. The molecule has 0 aliphatic carbocycles. The highest BCUT2D eigenvalue weighted by molar-refractivity contribution is 9.10.